The Balaban J connectivity index is 0.896. The second kappa shape index (κ2) is 19.6. The summed E-state index contributed by atoms with van der Waals surface area (Å²) >= 11 is 0. The first-order valence-corrected chi connectivity index (χ1v) is 18.7. The van der Waals surface area contributed by atoms with E-state index in [0.29, 0.717) is 73.4 Å². The van der Waals surface area contributed by atoms with E-state index in [2.05, 4.69) is 5.32 Å². The molecule has 15 nitrogen and oxygen atoms in total. The molecule has 0 atom stereocenters. The third kappa shape index (κ3) is 9.70. The maximum Gasteiger partial charge on any atom is 0.251 e. The molecule has 0 radical (unpaired) electrons. The molecule has 2 amide bonds. The highest BCUT2D eigenvalue weighted by atomic mass is 16.5. The lowest BCUT2D eigenvalue weighted by atomic mass is 9.95. The van der Waals surface area contributed by atoms with Crippen LogP contribution in [0.25, 0.3) is 33.7 Å². The van der Waals surface area contributed by atoms with Gasteiger partial charge in [0.25, 0.3) is 5.91 Å². The van der Waals surface area contributed by atoms with Gasteiger partial charge in [0.05, 0.1) is 75.2 Å². The molecule has 0 unspecified atom stereocenters. The molecule has 4 aromatic carbocycles. The Morgan fingerprint density at radius 2 is 1.53 bits per heavy atom. The predicted molar refractivity (Wildman–Crippen MR) is 217 cm³/mol. The van der Waals surface area contributed by atoms with Gasteiger partial charge >= 0.3 is 0 Å². The summed E-state index contributed by atoms with van der Waals surface area (Å²) in [6, 6.07) is 25.3. The number of fused-ring (bicyclic) bond motifs is 3. The van der Waals surface area contributed by atoms with Crippen LogP contribution >= 0.6 is 0 Å². The zero-order valence-corrected chi connectivity index (χ0v) is 31.7. The minimum Gasteiger partial charge on any atom is -0.504 e. The molecule has 0 spiro atoms. The number of aldehydes is 1. The highest BCUT2D eigenvalue weighted by molar-refractivity contribution is 6.01. The van der Waals surface area contributed by atoms with Crippen LogP contribution in [0, 0.1) is 0 Å². The average Bonchev–Trinajstić information content (AvgIpc) is 3.23. The number of benzene rings is 4. The van der Waals surface area contributed by atoms with E-state index in [1.807, 2.05) is 48.5 Å². The predicted octanol–water partition coefficient (Wildman–Crippen LogP) is 4.14. The first kappa shape index (κ1) is 41.1. The minimum absolute atomic E-state index is 0.0920. The molecule has 6 rings (SSSR count). The van der Waals surface area contributed by atoms with Crippen molar-refractivity contribution in [1.82, 2.24) is 10.3 Å². The Kier molecular flexibility index (Phi) is 13.9. The van der Waals surface area contributed by atoms with Gasteiger partial charge in [-0.1, -0.05) is 54.6 Å². The largest absolute Gasteiger partial charge is 0.504 e. The molecule has 5 aromatic rings. The molecule has 2 heterocycles. The molecule has 0 aliphatic carbocycles. The number of hydrogen-bond donors (Lipinski definition) is 5. The molecule has 0 fully saturated rings. The summed E-state index contributed by atoms with van der Waals surface area (Å²) in [5.41, 5.74) is 11.2. The van der Waals surface area contributed by atoms with Gasteiger partial charge in [-0.3, -0.25) is 14.4 Å². The molecular formula is C43H45N5O10. The van der Waals surface area contributed by atoms with Crippen LogP contribution in [0.2, 0.25) is 0 Å². The topological polar surface area (TPSA) is 220 Å². The van der Waals surface area contributed by atoms with Crippen LogP contribution in [0.3, 0.4) is 0 Å². The second-order valence-electron chi connectivity index (χ2n) is 13.3. The number of hydrazine groups is 1. The van der Waals surface area contributed by atoms with E-state index in [9.17, 15) is 29.4 Å². The lowest BCUT2D eigenvalue weighted by molar-refractivity contribution is -0.120. The number of hydrogen-bond acceptors (Lipinski definition) is 13. The number of carbonyl (C=O) groups is 3. The van der Waals surface area contributed by atoms with Crippen molar-refractivity contribution in [2.45, 2.75) is 19.4 Å². The standard InChI is InChI=1S/C43H45N5O10/c44-39-32-8-3-4-9-34(32)47(38(52)10-5-19-49)27-30-6-1-2-7-31(30)40(39)48(45)18-21-56-23-25-57-24-22-55-20-17-46-43(54)29-13-11-28(12-14-29)37-26-36(51)33-15-16-35(50)41(53)42(33)58-37/h1-4,6-9,11-16,19,26,50,53H,5,10,17-18,20-25,27,44-45H2,(H,46,54)/b40-39-. The lowest BCUT2D eigenvalue weighted by Crippen LogP contribution is -2.37. The fourth-order valence-electron chi connectivity index (χ4n) is 6.48. The van der Waals surface area contributed by atoms with Crippen LogP contribution in [0.4, 0.5) is 5.69 Å². The van der Waals surface area contributed by atoms with Gasteiger partial charge < -0.3 is 54.6 Å². The maximum absolute atomic E-state index is 13.2. The first-order chi connectivity index (χ1) is 28.2. The number of anilines is 1. The summed E-state index contributed by atoms with van der Waals surface area (Å²) in [5, 5.41) is 24.4. The fourth-order valence-corrected chi connectivity index (χ4v) is 6.48. The second-order valence-corrected chi connectivity index (χ2v) is 13.3. The Bertz CT molecular complexity index is 2340. The zero-order chi connectivity index (χ0) is 41.0. The third-order valence-electron chi connectivity index (χ3n) is 9.44. The molecule has 15 heteroatoms. The molecule has 0 saturated carbocycles. The van der Waals surface area contributed by atoms with E-state index in [-0.39, 0.29) is 66.5 Å². The molecule has 58 heavy (non-hydrogen) atoms. The van der Waals surface area contributed by atoms with Gasteiger partial charge in [0.15, 0.2) is 16.8 Å². The number of carbonyl (C=O) groups excluding carboxylic acids is 3. The van der Waals surface area contributed by atoms with Crippen molar-refractivity contribution in [3.8, 4) is 22.8 Å². The minimum atomic E-state index is -0.522. The first-order valence-electron chi connectivity index (χ1n) is 18.7. The quantitative estimate of drug-likeness (QED) is 0.0277. The highest BCUT2D eigenvalue weighted by Crippen LogP contribution is 2.37. The molecule has 1 aliphatic heterocycles. The number of nitrogens with two attached hydrogens (primary N) is 2. The molecule has 1 aliphatic rings. The Labute approximate surface area is 334 Å². The van der Waals surface area contributed by atoms with Gasteiger partial charge in [-0.25, -0.2) is 5.84 Å². The van der Waals surface area contributed by atoms with Gasteiger partial charge in [0, 0.05) is 47.7 Å². The lowest BCUT2D eigenvalue weighted by Gasteiger charge is -2.32. The number of amides is 2. The van der Waals surface area contributed by atoms with E-state index in [1.165, 1.54) is 18.2 Å². The van der Waals surface area contributed by atoms with E-state index >= 15 is 0 Å². The molecule has 0 saturated heterocycles. The van der Waals surface area contributed by atoms with Gasteiger partial charge in [-0.05, 0) is 35.9 Å². The van der Waals surface area contributed by atoms with Crippen molar-refractivity contribution >= 4 is 46.2 Å². The summed E-state index contributed by atoms with van der Waals surface area (Å²) in [7, 11) is 0. The SMILES string of the molecule is N/C1=C(\N(N)CCOCCOCCOCCNC(=O)c2ccc(-c3cc(=O)c4ccc(O)c(O)c4o3)cc2)c2ccccc2CN(C(=O)CCC=O)c2ccccc21. The number of phenols is 2. The molecule has 7 N–H and O–H groups in total. The fraction of sp³-hybridized carbons (Fsp3) is 0.256. The van der Waals surface area contributed by atoms with Crippen LogP contribution < -0.4 is 27.2 Å². The van der Waals surface area contributed by atoms with Crippen molar-refractivity contribution in [3.05, 3.63) is 123 Å². The monoisotopic (exact) mass is 791 g/mol. The maximum atomic E-state index is 13.2. The Morgan fingerprint density at radius 1 is 0.862 bits per heavy atom. The third-order valence-corrected chi connectivity index (χ3v) is 9.44. The van der Waals surface area contributed by atoms with Crippen LogP contribution in [0.5, 0.6) is 11.5 Å². The van der Waals surface area contributed by atoms with Crippen LogP contribution in [0.15, 0.2) is 100 Å². The van der Waals surface area contributed by atoms with E-state index in [4.69, 9.17) is 30.2 Å². The Hall–Kier alpha value is -6.52. The van der Waals surface area contributed by atoms with Crippen LogP contribution in [0.1, 0.15) is 39.9 Å². The van der Waals surface area contributed by atoms with Crippen LogP contribution in [-0.2, 0) is 30.3 Å². The number of para-hydroxylation sites is 1. The number of aromatic hydroxyl groups is 2. The van der Waals surface area contributed by atoms with Crippen molar-refractivity contribution in [3.63, 3.8) is 0 Å². The molecular weight excluding hydrogens is 746 g/mol. The number of rotatable bonds is 18. The normalized spacial score (nSPS) is 13.6. The molecule has 302 valence electrons. The summed E-state index contributed by atoms with van der Waals surface area (Å²) in [6.45, 7) is 2.77. The van der Waals surface area contributed by atoms with Crippen molar-refractivity contribution < 1.29 is 43.2 Å². The van der Waals surface area contributed by atoms with Crippen molar-refractivity contribution in [1.29, 1.82) is 0 Å². The average molecular weight is 792 g/mol. The molecule has 1 aromatic heterocycles. The van der Waals surface area contributed by atoms with E-state index in [0.717, 1.165) is 17.4 Å². The summed E-state index contributed by atoms with van der Waals surface area (Å²) in [4.78, 5) is 51.0. The van der Waals surface area contributed by atoms with Gasteiger partial charge in [-0.2, -0.15) is 0 Å². The number of nitrogens with zero attached hydrogens (tertiary/aromatic N) is 2. The van der Waals surface area contributed by atoms with Gasteiger partial charge in [0.1, 0.15) is 12.0 Å². The van der Waals surface area contributed by atoms with Crippen LogP contribution in [-0.4, -0.2) is 86.1 Å². The number of nitrogens with one attached hydrogen (secondary N) is 1. The summed E-state index contributed by atoms with van der Waals surface area (Å²) in [6.07, 6.45) is 0.966. The Morgan fingerprint density at radius 3 is 2.28 bits per heavy atom. The molecule has 0 bridgehead atoms. The number of ether oxygens (including phenoxy) is 3. The van der Waals surface area contributed by atoms with Crippen molar-refractivity contribution in [2.24, 2.45) is 11.6 Å². The van der Waals surface area contributed by atoms with E-state index in [1.54, 1.807) is 34.2 Å². The summed E-state index contributed by atoms with van der Waals surface area (Å²) < 4.78 is 22.7. The summed E-state index contributed by atoms with van der Waals surface area (Å²) in [5.74, 6) is 5.38. The van der Waals surface area contributed by atoms with Gasteiger partial charge in [-0.15, -0.1) is 0 Å². The zero-order valence-electron chi connectivity index (χ0n) is 31.7. The highest BCUT2D eigenvalue weighted by Gasteiger charge is 2.27. The van der Waals surface area contributed by atoms with Gasteiger partial charge in [0.2, 0.25) is 11.7 Å². The van der Waals surface area contributed by atoms with Crippen molar-refractivity contribution in [2.75, 3.05) is 57.6 Å². The smallest absolute Gasteiger partial charge is 0.251 e. The van der Waals surface area contributed by atoms with E-state index < -0.39 is 11.5 Å². The number of phenolic OH excluding ortho intramolecular Hbond substituents is 2.